The highest BCUT2D eigenvalue weighted by Gasteiger charge is 2.38. The molecule has 1 aliphatic rings. The fourth-order valence-electron chi connectivity index (χ4n) is 4.35. The zero-order valence-electron chi connectivity index (χ0n) is 17.3. The van der Waals surface area contributed by atoms with Crippen LogP contribution in [0.3, 0.4) is 0 Å². The van der Waals surface area contributed by atoms with E-state index in [2.05, 4.69) is 16.5 Å². The number of aromatic nitrogens is 3. The Bertz CT molecular complexity index is 1090. The molecular weight excluding hydrogens is 404 g/mol. The van der Waals surface area contributed by atoms with Gasteiger partial charge in [0.15, 0.2) is 5.52 Å². The van der Waals surface area contributed by atoms with E-state index < -0.39 is 10.6 Å². The lowest BCUT2D eigenvalue weighted by molar-refractivity contribution is -0.575. The van der Waals surface area contributed by atoms with Gasteiger partial charge in [-0.2, -0.15) is 15.3 Å². The Morgan fingerprint density at radius 1 is 1.33 bits per heavy atom. The van der Waals surface area contributed by atoms with Crippen LogP contribution >= 0.6 is 10.6 Å². The molecule has 1 aromatic carbocycles. The van der Waals surface area contributed by atoms with Gasteiger partial charge in [-0.05, 0) is 18.9 Å². The molecule has 1 fully saturated rings. The summed E-state index contributed by atoms with van der Waals surface area (Å²) < 4.78 is 22.4. The molecule has 0 spiro atoms. The van der Waals surface area contributed by atoms with Gasteiger partial charge in [0.05, 0.1) is 28.5 Å². The first-order valence-electron chi connectivity index (χ1n) is 10.3. The topological polar surface area (TPSA) is 106 Å². The SMILES string of the molecule is CCc1nc2c[n+]([O-])c3ccccc3c2n1CCCCN(C(C)=O)C1CS(O)(O)C1. The predicted molar refractivity (Wildman–Crippen MR) is 119 cm³/mol. The second kappa shape index (κ2) is 8.05. The van der Waals surface area contributed by atoms with E-state index >= 15 is 0 Å². The van der Waals surface area contributed by atoms with Crippen molar-refractivity contribution in [2.45, 2.75) is 45.7 Å². The van der Waals surface area contributed by atoms with Gasteiger partial charge in [-0.25, -0.2) is 4.98 Å². The molecule has 1 amide bonds. The molecule has 0 bridgehead atoms. The van der Waals surface area contributed by atoms with Gasteiger partial charge in [0.1, 0.15) is 5.82 Å². The van der Waals surface area contributed by atoms with E-state index in [1.807, 2.05) is 24.3 Å². The van der Waals surface area contributed by atoms with Crippen LogP contribution in [0.25, 0.3) is 21.9 Å². The normalized spacial score (nSPS) is 17.2. The van der Waals surface area contributed by atoms with E-state index in [-0.39, 0.29) is 11.9 Å². The molecule has 0 unspecified atom stereocenters. The quantitative estimate of drug-likeness (QED) is 0.339. The predicted octanol–water partition coefficient (Wildman–Crippen LogP) is 3.15. The van der Waals surface area contributed by atoms with Crippen molar-refractivity contribution in [3.63, 3.8) is 0 Å². The molecule has 2 N–H and O–H groups in total. The van der Waals surface area contributed by atoms with Crippen LogP contribution in [-0.4, -0.2) is 53.6 Å². The zero-order chi connectivity index (χ0) is 21.5. The maximum absolute atomic E-state index is 12.3. The third-order valence-electron chi connectivity index (χ3n) is 5.82. The number of hydrogen-bond acceptors (Lipinski definition) is 5. The van der Waals surface area contributed by atoms with Gasteiger partial charge in [-0.15, -0.1) is 0 Å². The molecule has 30 heavy (non-hydrogen) atoms. The molecule has 9 heteroatoms. The minimum atomic E-state index is -2.47. The Kier molecular flexibility index (Phi) is 5.61. The van der Waals surface area contributed by atoms with E-state index in [0.717, 1.165) is 47.3 Å². The summed E-state index contributed by atoms with van der Waals surface area (Å²) >= 11 is 0. The number of fused-ring (bicyclic) bond motifs is 3. The molecule has 8 nitrogen and oxygen atoms in total. The molecule has 0 saturated carbocycles. The Morgan fingerprint density at radius 3 is 2.73 bits per heavy atom. The van der Waals surface area contributed by atoms with Crippen LogP contribution in [0.4, 0.5) is 0 Å². The number of carbonyl (C=O) groups excluding carboxylic acids is 1. The third kappa shape index (κ3) is 3.84. The zero-order valence-corrected chi connectivity index (χ0v) is 18.1. The fourth-order valence-corrected chi connectivity index (χ4v) is 5.84. The summed E-state index contributed by atoms with van der Waals surface area (Å²) in [5.41, 5.74) is 2.30. The van der Waals surface area contributed by atoms with Crippen LogP contribution in [0.15, 0.2) is 30.5 Å². The van der Waals surface area contributed by atoms with E-state index in [0.29, 0.717) is 29.1 Å². The van der Waals surface area contributed by atoms with Gasteiger partial charge < -0.3 is 14.7 Å². The Labute approximate surface area is 177 Å². The van der Waals surface area contributed by atoms with Crippen molar-refractivity contribution >= 4 is 38.4 Å². The van der Waals surface area contributed by atoms with E-state index in [1.165, 1.54) is 6.92 Å². The Hall–Kier alpha value is -2.36. The van der Waals surface area contributed by atoms with Crippen LogP contribution < -0.4 is 4.73 Å². The Morgan fingerprint density at radius 2 is 2.07 bits per heavy atom. The molecule has 0 aliphatic carbocycles. The lowest BCUT2D eigenvalue weighted by Gasteiger charge is -2.51. The maximum atomic E-state index is 12.3. The third-order valence-corrected chi connectivity index (χ3v) is 7.66. The highest BCUT2D eigenvalue weighted by molar-refractivity contribution is 8.25. The van der Waals surface area contributed by atoms with Crippen LogP contribution in [0.1, 0.15) is 32.5 Å². The number of nitrogens with zero attached hydrogens (tertiary/aromatic N) is 4. The monoisotopic (exact) mass is 432 g/mol. The maximum Gasteiger partial charge on any atom is 0.226 e. The second-order valence-electron chi connectivity index (χ2n) is 7.95. The first-order chi connectivity index (χ1) is 14.3. The first-order valence-corrected chi connectivity index (χ1v) is 12.2. The molecule has 0 radical (unpaired) electrons. The van der Waals surface area contributed by atoms with Gasteiger partial charge in [0.2, 0.25) is 17.6 Å². The van der Waals surface area contributed by atoms with Gasteiger partial charge >= 0.3 is 0 Å². The summed E-state index contributed by atoms with van der Waals surface area (Å²) in [6.45, 7) is 4.94. The molecule has 4 rings (SSSR count). The van der Waals surface area contributed by atoms with Gasteiger partial charge in [-0.1, -0.05) is 19.1 Å². The van der Waals surface area contributed by atoms with Crippen LogP contribution in [0.2, 0.25) is 0 Å². The number of amides is 1. The molecule has 1 aliphatic heterocycles. The largest absolute Gasteiger partial charge is 0.618 e. The number of imidazole rings is 1. The average Bonchev–Trinajstić information content (AvgIpc) is 3.03. The number of para-hydroxylation sites is 1. The smallest absolute Gasteiger partial charge is 0.226 e. The van der Waals surface area contributed by atoms with Crippen molar-refractivity contribution in [3.8, 4) is 0 Å². The number of pyridine rings is 1. The minimum Gasteiger partial charge on any atom is -0.618 e. The lowest BCUT2D eigenvalue weighted by Crippen LogP contribution is -2.52. The summed E-state index contributed by atoms with van der Waals surface area (Å²) in [6, 6.07) is 7.49. The van der Waals surface area contributed by atoms with Crippen molar-refractivity contribution in [3.05, 3.63) is 41.5 Å². The number of benzene rings is 1. The molecule has 2 aromatic heterocycles. The van der Waals surface area contributed by atoms with Crippen LogP contribution in [-0.2, 0) is 17.8 Å². The summed E-state index contributed by atoms with van der Waals surface area (Å²) in [6.07, 6.45) is 3.97. The highest BCUT2D eigenvalue weighted by Crippen LogP contribution is 2.50. The van der Waals surface area contributed by atoms with Gasteiger partial charge in [0.25, 0.3) is 0 Å². The van der Waals surface area contributed by atoms with E-state index in [1.54, 1.807) is 11.1 Å². The van der Waals surface area contributed by atoms with Crippen molar-refractivity contribution in [1.29, 1.82) is 0 Å². The molecule has 162 valence electrons. The van der Waals surface area contributed by atoms with Gasteiger partial charge in [-0.3, -0.25) is 13.9 Å². The number of hydrogen-bond donors (Lipinski definition) is 2. The summed E-state index contributed by atoms with van der Waals surface area (Å²) in [4.78, 5) is 18.4. The Balaban J connectivity index is 1.51. The highest BCUT2D eigenvalue weighted by atomic mass is 32.3. The summed E-state index contributed by atoms with van der Waals surface area (Å²) in [5.74, 6) is 1.50. The number of aryl methyl sites for hydroxylation is 2. The molecular formula is C21H28N4O4S. The van der Waals surface area contributed by atoms with Crippen LogP contribution in [0, 0.1) is 5.21 Å². The number of carbonyl (C=O) groups is 1. The molecule has 3 heterocycles. The van der Waals surface area contributed by atoms with Crippen molar-refractivity contribution < 1.29 is 18.6 Å². The standard InChI is InChI=1S/C21H28N4O4S/c1-3-20-22-18-12-25(27)19-9-5-4-8-17(19)21(18)24(20)11-7-6-10-23(15(2)26)16-13-30(28,29)14-16/h4-5,8-9,12,16,28-29H,3,6-7,10-11,13-14H2,1-2H3. The molecule has 1 saturated heterocycles. The summed E-state index contributed by atoms with van der Waals surface area (Å²) in [5, 5.41) is 13.2. The minimum absolute atomic E-state index is 0.0248. The average molecular weight is 433 g/mol. The molecule has 0 atom stereocenters. The van der Waals surface area contributed by atoms with Gasteiger partial charge in [0, 0.05) is 32.5 Å². The van der Waals surface area contributed by atoms with E-state index in [4.69, 9.17) is 0 Å². The fraction of sp³-hybridized carbons (Fsp3) is 0.476. The van der Waals surface area contributed by atoms with E-state index in [9.17, 15) is 19.1 Å². The first kappa shape index (κ1) is 20.9. The number of rotatable bonds is 7. The van der Waals surface area contributed by atoms with Crippen LogP contribution in [0.5, 0.6) is 0 Å². The van der Waals surface area contributed by atoms with Crippen molar-refractivity contribution in [2.75, 3.05) is 18.1 Å². The van der Waals surface area contributed by atoms with Crippen molar-refractivity contribution in [1.82, 2.24) is 14.5 Å². The summed E-state index contributed by atoms with van der Waals surface area (Å²) in [7, 11) is -2.47. The molecule has 3 aromatic rings. The second-order valence-corrected chi connectivity index (χ2v) is 10.2. The lowest BCUT2D eigenvalue weighted by atomic mass is 10.2. The number of unbranched alkanes of at least 4 members (excludes halogenated alkanes) is 1. The van der Waals surface area contributed by atoms with Crippen molar-refractivity contribution in [2.24, 2.45) is 0 Å².